The molecule has 2 heterocycles. The van der Waals surface area contributed by atoms with E-state index < -0.39 is 0 Å². The number of carbonyl (C=O) groups is 1. The van der Waals surface area contributed by atoms with Gasteiger partial charge in [0.05, 0.1) is 23.9 Å². The van der Waals surface area contributed by atoms with E-state index in [4.69, 9.17) is 4.74 Å². The summed E-state index contributed by atoms with van der Waals surface area (Å²) in [7, 11) is 0. The van der Waals surface area contributed by atoms with Crippen LogP contribution in [0.25, 0.3) is 0 Å². The number of hydrogen-bond donors (Lipinski definition) is 0. The zero-order valence-corrected chi connectivity index (χ0v) is 13.3. The molecule has 1 amide bonds. The van der Waals surface area contributed by atoms with Gasteiger partial charge in [-0.3, -0.25) is 9.78 Å². The second-order valence-corrected chi connectivity index (χ2v) is 5.26. The first kappa shape index (κ1) is 15.2. The lowest BCUT2D eigenvalue weighted by atomic mass is 9.95. The standard InChI is InChI=1S/C18H19N3O2/c1-3-16-17(13-6-5-11-19-12-13)20-21(18(16)22)14-7-9-15(10-8-14)23-4-2/h5-12,16H,3-4H2,1-2H3. The fourth-order valence-corrected chi connectivity index (χ4v) is 2.67. The van der Waals surface area contributed by atoms with Gasteiger partial charge in [-0.25, -0.2) is 0 Å². The Morgan fingerprint density at radius 2 is 1.96 bits per heavy atom. The third-order valence-corrected chi connectivity index (χ3v) is 3.80. The van der Waals surface area contributed by atoms with Crippen molar-refractivity contribution in [2.75, 3.05) is 11.6 Å². The van der Waals surface area contributed by atoms with E-state index in [1.807, 2.05) is 50.2 Å². The van der Waals surface area contributed by atoms with Gasteiger partial charge in [0.15, 0.2) is 0 Å². The number of hydrogen-bond acceptors (Lipinski definition) is 4. The Morgan fingerprint density at radius 3 is 2.57 bits per heavy atom. The van der Waals surface area contributed by atoms with Crippen molar-refractivity contribution in [3.05, 3.63) is 54.4 Å². The summed E-state index contributed by atoms with van der Waals surface area (Å²) in [5, 5.41) is 6.04. The minimum atomic E-state index is -0.231. The molecule has 23 heavy (non-hydrogen) atoms. The van der Waals surface area contributed by atoms with Gasteiger partial charge in [0.25, 0.3) is 5.91 Å². The van der Waals surface area contributed by atoms with Gasteiger partial charge in [-0.05, 0) is 49.7 Å². The molecule has 0 N–H and O–H groups in total. The lowest BCUT2D eigenvalue weighted by molar-refractivity contribution is -0.119. The zero-order valence-electron chi connectivity index (χ0n) is 13.3. The van der Waals surface area contributed by atoms with Gasteiger partial charge in [0.1, 0.15) is 5.75 Å². The molecular weight excluding hydrogens is 290 g/mol. The number of ether oxygens (including phenoxy) is 1. The average Bonchev–Trinajstić information content (AvgIpc) is 2.93. The molecule has 1 aromatic heterocycles. The minimum Gasteiger partial charge on any atom is -0.494 e. The molecule has 0 saturated heterocycles. The molecule has 0 bridgehead atoms. The van der Waals surface area contributed by atoms with E-state index in [0.717, 1.165) is 22.7 Å². The summed E-state index contributed by atoms with van der Waals surface area (Å²) in [5.74, 6) is 0.549. The van der Waals surface area contributed by atoms with E-state index in [1.165, 1.54) is 5.01 Å². The molecular formula is C18H19N3O2. The summed E-state index contributed by atoms with van der Waals surface area (Å²) < 4.78 is 5.44. The van der Waals surface area contributed by atoms with Gasteiger partial charge in [-0.1, -0.05) is 6.92 Å². The number of pyridine rings is 1. The van der Waals surface area contributed by atoms with Crippen molar-refractivity contribution < 1.29 is 9.53 Å². The zero-order chi connectivity index (χ0) is 16.2. The summed E-state index contributed by atoms with van der Waals surface area (Å²) in [6.45, 7) is 4.55. The van der Waals surface area contributed by atoms with E-state index in [0.29, 0.717) is 13.0 Å². The summed E-state index contributed by atoms with van der Waals surface area (Å²) in [5.41, 5.74) is 2.41. The van der Waals surface area contributed by atoms with E-state index >= 15 is 0 Å². The highest BCUT2D eigenvalue weighted by atomic mass is 16.5. The van der Waals surface area contributed by atoms with E-state index in [-0.39, 0.29) is 11.8 Å². The Hall–Kier alpha value is -2.69. The predicted octanol–water partition coefficient (Wildman–Crippen LogP) is 3.26. The van der Waals surface area contributed by atoms with Crippen molar-refractivity contribution in [1.82, 2.24) is 4.98 Å². The lowest BCUT2D eigenvalue weighted by Gasteiger charge is -2.14. The first-order chi connectivity index (χ1) is 11.2. The van der Waals surface area contributed by atoms with Crippen molar-refractivity contribution in [2.24, 2.45) is 11.0 Å². The van der Waals surface area contributed by atoms with Crippen LogP contribution in [0.4, 0.5) is 5.69 Å². The van der Waals surface area contributed by atoms with Crippen LogP contribution in [0.15, 0.2) is 53.9 Å². The fourth-order valence-electron chi connectivity index (χ4n) is 2.67. The summed E-state index contributed by atoms with van der Waals surface area (Å²) in [6.07, 6.45) is 4.17. The van der Waals surface area contributed by atoms with Crippen molar-refractivity contribution >= 4 is 17.3 Å². The van der Waals surface area contributed by atoms with Crippen LogP contribution >= 0.6 is 0 Å². The SMILES string of the molecule is CCOc1ccc(N2N=C(c3cccnc3)C(CC)C2=O)cc1. The van der Waals surface area contributed by atoms with Gasteiger partial charge >= 0.3 is 0 Å². The summed E-state index contributed by atoms with van der Waals surface area (Å²) >= 11 is 0. The Kier molecular flexibility index (Phi) is 4.37. The van der Waals surface area contributed by atoms with E-state index in [1.54, 1.807) is 12.4 Å². The van der Waals surface area contributed by atoms with Crippen molar-refractivity contribution in [2.45, 2.75) is 20.3 Å². The Morgan fingerprint density at radius 1 is 1.17 bits per heavy atom. The molecule has 1 aliphatic rings. The summed E-state index contributed by atoms with van der Waals surface area (Å²) in [6, 6.07) is 11.2. The average molecular weight is 309 g/mol. The van der Waals surface area contributed by atoms with Crippen LogP contribution in [-0.4, -0.2) is 23.2 Å². The van der Waals surface area contributed by atoms with Crippen molar-refractivity contribution in [3.8, 4) is 5.75 Å². The van der Waals surface area contributed by atoms with Crippen LogP contribution in [0, 0.1) is 5.92 Å². The number of benzene rings is 1. The third kappa shape index (κ3) is 2.95. The molecule has 1 atom stereocenters. The molecule has 5 nitrogen and oxygen atoms in total. The number of hydrazone groups is 1. The van der Waals surface area contributed by atoms with Crippen LogP contribution in [-0.2, 0) is 4.79 Å². The Balaban J connectivity index is 1.93. The Labute approximate surface area is 135 Å². The highest BCUT2D eigenvalue weighted by Gasteiger charge is 2.36. The fraction of sp³-hybridized carbons (Fsp3) is 0.278. The van der Waals surface area contributed by atoms with Crippen molar-refractivity contribution in [3.63, 3.8) is 0 Å². The molecule has 0 spiro atoms. The number of nitrogens with zero attached hydrogens (tertiary/aromatic N) is 3. The quantitative estimate of drug-likeness (QED) is 0.852. The van der Waals surface area contributed by atoms with Gasteiger partial charge in [-0.2, -0.15) is 10.1 Å². The molecule has 0 radical (unpaired) electrons. The summed E-state index contributed by atoms with van der Waals surface area (Å²) in [4.78, 5) is 16.8. The van der Waals surface area contributed by atoms with Gasteiger partial charge in [0.2, 0.25) is 0 Å². The maximum Gasteiger partial charge on any atom is 0.256 e. The molecule has 1 aromatic carbocycles. The number of anilines is 1. The number of aromatic nitrogens is 1. The smallest absolute Gasteiger partial charge is 0.256 e. The van der Waals surface area contributed by atoms with Crippen LogP contribution < -0.4 is 9.75 Å². The van der Waals surface area contributed by atoms with E-state index in [2.05, 4.69) is 10.1 Å². The van der Waals surface area contributed by atoms with Crippen LogP contribution in [0.3, 0.4) is 0 Å². The van der Waals surface area contributed by atoms with Crippen LogP contribution in [0.5, 0.6) is 5.75 Å². The van der Waals surface area contributed by atoms with E-state index in [9.17, 15) is 4.79 Å². The molecule has 0 aliphatic carbocycles. The molecule has 3 rings (SSSR count). The number of carbonyl (C=O) groups excluding carboxylic acids is 1. The molecule has 5 heteroatoms. The molecule has 2 aromatic rings. The monoisotopic (exact) mass is 309 g/mol. The van der Waals surface area contributed by atoms with Gasteiger partial charge in [-0.15, -0.1) is 0 Å². The van der Waals surface area contributed by atoms with Crippen molar-refractivity contribution in [1.29, 1.82) is 0 Å². The Bertz CT molecular complexity index is 711. The highest BCUT2D eigenvalue weighted by Crippen LogP contribution is 2.29. The van der Waals surface area contributed by atoms with Gasteiger partial charge in [0, 0.05) is 18.0 Å². The molecule has 118 valence electrons. The normalized spacial score (nSPS) is 17.3. The molecule has 1 unspecified atom stereocenters. The van der Waals surface area contributed by atoms with Crippen LogP contribution in [0.1, 0.15) is 25.8 Å². The maximum absolute atomic E-state index is 12.7. The molecule has 1 aliphatic heterocycles. The topological polar surface area (TPSA) is 54.8 Å². The minimum absolute atomic E-state index is 0.00415. The lowest BCUT2D eigenvalue weighted by Crippen LogP contribution is -2.27. The second-order valence-electron chi connectivity index (χ2n) is 5.26. The molecule has 0 fully saturated rings. The third-order valence-electron chi connectivity index (χ3n) is 3.80. The second kappa shape index (κ2) is 6.60. The maximum atomic E-state index is 12.7. The highest BCUT2D eigenvalue weighted by molar-refractivity contribution is 6.21. The first-order valence-corrected chi connectivity index (χ1v) is 7.80. The first-order valence-electron chi connectivity index (χ1n) is 7.80. The predicted molar refractivity (Wildman–Crippen MR) is 89.7 cm³/mol. The van der Waals surface area contributed by atoms with Crippen LogP contribution in [0.2, 0.25) is 0 Å². The number of amides is 1. The molecule has 0 saturated carbocycles. The largest absolute Gasteiger partial charge is 0.494 e. The van der Waals surface area contributed by atoms with Gasteiger partial charge < -0.3 is 4.74 Å². The number of rotatable bonds is 5.